The monoisotopic (exact) mass is 676 g/mol. The van der Waals surface area contributed by atoms with Crippen LogP contribution in [-0.2, 0) is 4.79 Å². The Kier molecular flexibility index (Phi) is 37.2. The highest BCUT2D eigenvalue weighted by Gasteiger charge is 2.22. The fraction of sp³-hybridized carbons (Fsp3) is 0.837. The molecule has 3 unspecified atom stereocenters. The zero-order valence-corrected chi connectivity index (χ0v) is 31.9. The third-order valence-electron chi connectivity index (χ3n) is 9.45. The Labute approximate surface area is 298 Å². The van der Waals surface area contributed by atoms with Crippen molar-refractivity contribution in [3.8, 4) is 0 Å². The molecule has 5 nitrogen and oxygen atoms in total. The molecule has 0 aliphatic heterocycles. The molecule has 1 amide bonds. The molecule has 0 aliphatic rings. The molecular formula is C43H81NO4. The van der Waals surface area contributed by atoms with Crippen LogP contribution in [0.4, 0.5) is 0 Å². The van der Waals surface area contributed by atoms with E-state index in [1.165, 1.54) is 141 Å². The summed E-state index contributed by atoms with van der Waals surface area (Å²) in [5.41, 5.74) is 0. The molecule has 0 fully saturated rings. The summed E-state index contributed by atoms with van der Waals surface area (Å²) in [6.45, 7) is 4.14. The van der Waals surface area contributed by atoms with E-state index in [0.717, 1.165) is 44.9 Å². The van der Waals surface area contributed by atoms with E-state index in [0.29, 0.717) is 6.42 Å². The summed E-state index contributed by atoms with van der Waals surface area (Å²) in [5.74, 6) is -0.530. The van der Waals surface area contributed by atoms with Crippen LogP contribution in [0.15, 0.2) is 36.5 Å². The molecule has 0 heterocycles. The van der Waals surface area contributed by atoms with Gasteiger partial charge in [-0.15, -0.1) is 0 Å². The van der Waals surface area contributed by atoms with Gasteiger partial charge >= 0.3 is 0 Å². The Bertz CT molecular complexity index is 749. The number of amides is 1. The maximum Gasteiger partial charge on any atom is 0.249 e. The summed E-state index contributed by atoms with van der Waals surface area (Å²) >= 11 is 0. The van der Waals surface area contributed by atoms with Gasteiger partial charge in [0.25, 0.3) is 0 Å². The van der Waals surface area contributed by atoms with Crippen molar-refractivity contribution < 1.29 is 20.1 Å². The summed E-state index contributed by atoms with van der Waals surface area (Å²) in [4.78, 5) is 12.4. The predicted octanol–water partition coefficient (Wildman–Crippen LogP) is 11.6. The van der Waals surface area contributed by atoms with E-state index in [1.54, 1.807) is 6.08 Å². The molecule has 5 heteroatoms. The quantitative estimate of drug-likeness (QED) is 0.0390. The van der Waals surface area contributed by atoms with E-state index in [-0.39, 0.29) is 6.61 Å². The van der Waals surface area contributed by atoms with Crippen LogP contribution in [0.5, 0.6) is 0 Å². The standard InChI is InChI=1S/C43H81NO4/c1-3-5-7-9-11-13-15-17-18-19-20-21-22-23-24-25-26-28-29-31-33-35-37-41(46)40(39-45)44-43(48)42(47)38-36-34-32-30-27-16-14-12-10-8-6-4-2/h27-30,35,37,40-42,45-47H,3-26,31-34,36,38-39H2,1-2H3,(H,44,48)/b29-28+,30-27-,37-35+. The number of nitrogens with one attached hydrogen (secondary N) is 1. The van der Waals surface area contributed by atoms with Crippen LogP contribution in [0.25, 0.3) is 0 Å². The van der Waals surface area contributed by atoms with E-state index >= 15 is 0 Å². The molecule has 0 rings (SSSR count). The van der Waals surface area contributed by atoms with Gasteiger partial charge in [-0.2, -0.15) is 0 Å². The highest BCUT2D eigenvalue weighted by molar-refractivity contribution is 5.80. The summed E-state index contributed by atoms with van der Waals surface area (Å²) in [7, 11) is 0. The summed E-state index contributed by atoms with van der Waals surface area (Å²) in [5, 5.41) is 33.0. The number of carbonyl (C=O) groups excluding carboxylic acids is 1. The molecule has 282 valence electrons. The normalized spacial score (nSPS) is 14.0. The largest absolute Gasteiger partial charge is 0.394 e. The van der Waals surface area contributed by atoms with Gasteiger partial charge in [-0.05, 0) is 57.8 Å². The summed E-state index contributed by atoms with van der Waals surface area (Å²) < 4.78 is 0. The first kappa shape index (κ1) is 46.6. The first-order chi connectivity index (χ1) is 23.6. The third-order valence-corrected chi connectivity index (χ3v) is 9.45. The Morgan fingerprint density at radius 2 is 0.854 bits per heavy atom. The van der Waals surface area contributed by atoms with Crippen LogP contribution in [0, 0.1) is 0 Å². The second kappa shape index (κ2) is 38.4. The predicted molar refractivity (Wildman–Crippen MR) is 208 cm³/mol. The van der Waals surface area contributed by atoms with Crippen molar-refractivity contribution in [3.63, 3.8) is 0 Å². The van der Waals surface area contributed by atoms with Crippen LogP contribution in [0.1, 0.15) is 206 Å². The number of hydrogen-bond donors (Lipinski definition) is 4. The molecule has 48 heavy (non-hydrogen) atoms. The molecule has 0 spiro atoms. The minimum absolute atomic E-state index is 0.382. The van der Waals surface area contributed by atoms with Crippen molar-refractivity contribution in [2.24, 2.45) is 0 Å². The molecule has 0 saturated heterocycles. The van der Waals surface area contributed by atoms with Crippen molar-refractivity contribution in [2.75, 3.05) is 6.61 Å². The number of allylic oxidation sites excluding steroid dienone is 5. The highest BCUT2D eigenvalue weighted by atomic mass is 16.3. The number of aliphatic hydroxyl groups is 3. The second-order valence-corrected chi connectivity index (χ2v) is 14.2. The number of aliphatic hydroxyl groups excluding tert-OH is 3. The molecule has 0 radical (unpaired) electrons. The van der Waals surface area contributed by atoms with Gasteiger partial charge in [0, 0.05) is 0 Å². The van der Waals surface area contributed by atoms with Gasteiger partial charge in [0.2, 0.25) is 5.91 Å². The van der Waals surface area contributed by atoms with Gasteiger partial charge in [-0.3, -0.25) is 4.79 Å². The van der Waals surface area contributed by atoms with Crippen molar-refractivity contribution in [1.29, 1.82) is 0 Å². The first-order valence-corrected chi connectivity index (χ1v) is 20.8. The van der Waals surface area contributed by atoms with E-state index in [4.69, 9.17) is 0 Å². The molecule has 0 aromatic carbocycles. The average Bonchev–Trinajstić information content (AvgIpc) is 3.09. The van der Waals surface area contributed by atoms with Crippen LogP contribution in [0.2, 0.25) is 0 Å². The fourth-order valence-corrected chi connectivity index (χ4v) is 6.14. The molecule has 3 atom stereocenters. The van der Waals surface area contributed by atoms with Crippen molar-refractivity contribution in [3.05, 3.63) is 36.5 Å². The Morgan fingerprint density at radius 3 is 1.27 bits per heavy atom. The molecular weight excluding hydrogens is 594 g/mol. The van der Waals surface area contributed by atoms with Gasteiger partial charge in [0.05, 0.1) is 18.8 Å². The Morgan fingerprint density at radius 1 is 0.500 bits per heavy atom. The highest BCUT2D eigenvalue weighted by Crippen LogP contribution is 2.14. The lowest BCUT2D eigenvalue weighted by atomic mass is 10.0. The van der Waals surface area contributed by atoms with Gasteiger partial charge in [-0.25, -0.2) is 0 Å². The molecule has 0 aliphatic carbocycles. The lowest BCUT2D eigenvalue weighted by molar-refractivity contribution is -0.131. The summed E-state index contributed by atoms with van der Waals surface area (Å²) in [6.07, 6.45) is 47.5. The molecule has 0 bridgehead atoms. The zero-order valence-electron chi connectivity index (χ0n) is 31.9. The van der Waals surface area contributed by atoms with Crippen molar-refractivity contribution in [2.45, 2.75) is 225 Å². The first-order valence-electron chi connectivity index (χ1n) is 20.8. The second-order valence-electron chi connectivity index (χ2n) is 14.2. The van der Waals surface area contributed by atoms with Gasteiger partial charge in [0.15, 0.2) is 0 Å². The van der Waals surface area contributed by atoms with Crippen LogP contribution >= 0.6 is 0 Å². The van der Waals surface area contributed by atoms with Crippen LogP contribution < -0.4 is 5.32 Å². The Hall–Kier alpha value is -1.43. The molecule has 0 aromatic rings. The minimum atomic E-state index is -1.12. The topological polar surface area (TPSA) is 89.8 Å². The number of rotatable bonds is 37. The smallest absolute Gasteiger partial charge is 0.249 e. The van der Waals surface area contributed by atoms with E-state index in [2.05, 4.69) is 43.5 Å². The molecule has 0 saturated carbocycles. The van der Waals surface area contributed by atoms with Crippen LogP contribution in [-0.4, -0.2) is 46.1 Å². The van der Waals surface area contributed by atoms with Crippen molar-refractivity contribution >= 4 is 5.91 Å². The van der Waals surface area contributed by atoms with Crippen molar-refractivity contribution in [1.82, 2.24) is 5.32 Å². The molecule has 0 aromatic heterocycles. The number of unbranched alkanes of at least 4 members (excludes halogenated alkanes) is 25. The number of carbonyl (C=O) groups is 1. The maximum absolute atomic E-state index is 12.4. The lowest BCUT2D eigenvalue weighted by Gasteiger charge is -2.21. The minimum Gasteiger partial charge on any atom is -0.394 e. The SMILES string of the molecule is CCCCCCCC/C=C\CCCCC(O)C(=O)NC(CO)C(O)/C=C/CC/C=C/CCCCCCCCCCCCCCCCCC. The molecule has 4 N–H and O–H groups in total. The number of hydrogen-bond acceptors (Lipinski definition) is 4. The summed E-state index contributed by atoms with van der Waals surface area (Å²) in [6, 6.07) is -0.821. The lowest BCUT2D eigenvalue weighted by Crippen LogP contribution is -2.48. The maximum atomic E-state index is 12.4. The fourth-order valence-electron chi connectivity index (χ4n) is 6.14. The third kappa shape index (κ3) is 33.1. The van der Waals surface area contributed by atoms with Crippen LogP contribution in [0.3, 0.4) is 0 Å². The average molecular weight is 676 g/mol. The van der Waals surface area contributed by atoms with E-state index in [1.807, 2.05) is 6.08 Å². The van der Waals surface area contributed by atoms with E-state index < -0.39 is 24.2 Å². The van der Waals surface area contributed by atoms with E-state index in [9.17, 15) is 20.1 Å². The van der Waals surface area contributed by atoms with Gasteiger partial charge in [-0.1, -0.05) is 185 Å². The Balaban J connectivity index is 3.73. The van der Waals surface area contributed by atoms with Gasteiger partial charge < -0.3 is 20.6 Å². The zero-order chi connectivity index (χ0) is 35.2. The van der Waals surface area contributed by atoms with Gasteiger partial charge in [0.1, 0.15) is 6.10 Å².